The molecular formula is C30H52Cl5NO15. The van der Waals surface area contributed by atoms with Crippen molar-refractivity contribution >= 4 is 58.0 Å². The molecule has 3 heterocycles. The molecule has 3 fully saturated rings. The number of benzene rings is 1. The normalized spacial score (nSPS) is 31.5. The Morgan fingerprint density at radius 3 is 1.47 bits per heavy atom. The Hall–Kier alpha value is -0.130. The monoisotopic (exact) mass is 841 g/mol. The molecule has 0 aromatic heterocycles. The summed E-state index contributed by atoms with van der Waals surface area (Å²) in [5.41, 5.74) is 0. The van der Waals surface area contributed by atoms with Gasteiger partial charge in [0.25, 0.3) is 0 Å². The lowest BCUT2D eigenvalue weighted by Gasteiger charge is -2.43. The summed E-state index contributed by atoms with van der Waals surface area (Å²) in [5, 5.41) is 102. The number of epoxide rings is 1. The second-order valence-corrected chi connectivity index (χ2v) is 13.2. The second kappa shape index (κ2) is 25.1. The first-order valence-corrected chi connectivity index (χ1v) is 17.7. The fraction of sp³-hybridized carbons (Fsp3) is 0.800. The third-order valence-electron chi connectivity index (χ3n) is 7.36. The van der Waals surface area contributed by atoms with E-state index in [0.717, 1.165) is 6.61 Å². The summed E-state index contributed by atoms with van der Waals surface area (Å²) in [6.07, 6.45) is -12.6. The van der Waals surface area contributed by atoms with Crippen LogP contribution in [-0.4, -0.2) is 181 Å². The Labute approximate surface area is 322 Å². The summed E-state index contributed by atoms with van der Waals surface area (Å²) in [4.78, 5) is 2.38. The van der Waals surface area contributed by atoms with Crippen LogP contribution in [0.1, 0.15) is 34.6 Å². The van der Waals surface area contributed by atoms with Crippen molar-refractivity contribution in [2.75, 3.05) is 52.7 Å². The van der Waals surface area contributed by atoms with Crippen molar-refractivity contribution in [2.24, 2.45) is 0 Å². The molecule has 0 aliphatic carbocycles. The van der Waals surface area contributed by atoms with Crippen molar-refractivity contribution in [2.45, 2.75) is 102 Å². The number of nitrogens with zero attached hydrogens (tertiary/aromatic N) is 1. The van der Waals surface area contributed by atoms with E-state index < -0.39 is 80.7 Å². The Kier molecular flexibility index (Phi) is 25.0. The zero-order chi connectivity index (χ0) is 39.8. The van der Waals surface area contributed by atoms with E-state index in [0.29, 0.717) is 6.10 Å². The smallest absolute Gasteiger partial charge is 0.224 e. The van der Waals surface area contributed by atoms with Crippen LogP contribution in [0.4, 0.5) is 0 Å². The van der Waals surface area contributed by atoms with E-state index in [9.17, 15) is 35.7 Å². The number of phenols is 1. The number of rotatable bonds is 9. The van der Waals surface area contributed by atoms with Gasteiger partial charge in [0.15, 0.2) is 12.0 Å². The first-order chi connectivity index (χ1) is 23.8. The molecule has 3 aliphatic heterocycles. The number of aliphatic hydroxyl groups is 10. The van der Waals surface area contributed by atoms with Crippen LogP contribution >= 0.6 is 58.0 Å². The minimum Gasteiger partial charge on any atom is -0.505 e. The van der Waals surface area contributed by atoms with Crippen molar-refractivity contribution in [1.29, 1.82) is 0 Å². The number of ether oxygens (including phenoxy) is 4. The van der Waals surface area contributed by atoms with Crippen molar-refractivity contribution in [3.05, 3.63) is 25.1 Å². The topological polar surface area (TPSA) is 266 Å². The first-order valence-electron chi connectivity index (χ1n) is 15.9. The highest BCUT2D eigenvalue weighted by Gasteiger charge is 2.58. The van der Waals surface area contributed by atoms with Crippen LogP contribution in [0.5, 0.6) is 5.75 Å². The number of phenolic OH excluding ortho intramolecular Hbond substituents is 1. The fourth-order valence-electron chi connectivity index (χ4n) is 3.99. The Balaban J connectivity index is 0.000000737. The second-order valence-electron chi connectivity index (χ2n) is 11.3. The zero-order valence-electron chi connectivity index (χ0n) is 28.8. The minimum absolute atomic E-state index is 0.00904. The Morgan fingerprint density at radius 2 is 1.18 bits per heavy atom. The summed E-state index contributed by atoms with van der Waals surface area (Å²) in [5.74, 6) is -2.58. The minimum atomic E-state index is -2.22. The molecule has 2 unspecified atom stereocenters. The third-order valence-corrected chi connectivity index (χ3v) is 9.62. The predicted octanol–water partition coefficient (Wildman–Crippen LogP) is 0.376. The summed E-state index contributed by atoms with van der Waals surface area (Å²) in [7, 11) is 0. The summed E-state index contributed by atoms with van der Waals surface area (Å²) in [6.45, 7) is 12.2. The average Bonchev–Trinajstić information content (AvgIpc) is 3.89. The van der Waals surface area contributed by atoms with Gasteiger partial charge in [0, 0.05) is 0 Å². The van der Waals surface area contributed by atoms with Gasteiger partial charge in [0.1, 0.15) is 59.4 Å². The van der Waals surface area contributed by atoms with Crippen molar-refractivity contribution in [1.82, 2.24) is 4.90 Å². The largest absolute Gasteiger partial charge is 0.505 e. The number of aliphatic hydroxyl groups excluding tert-OH is 10. The van der Waals surface area contributed by atoms with Gasteiger partial charge in [-0.2, -0.15) is 0 Å². The molecule has 0 spiro atoms. The van der Waals surface area contributed by atoms with Crippen LogP contribution < -0.4 is 0 Å². The molecule has 11 N–H and O–H groups in total. The zero-order valence-corrected chi connectivity index (χ0v) is 32.6. The van der Waals surface area contributed by atoms with Gasteiger partial charge in [-0.25, -0.2) is 0 Å². The van der Waals surface area contributed by atoms with E-state index in [4.69, 9.17) is 97.4 Å². The van der Waals surface area contributed by atoms with Gasteiger partial charge in [-0.3, -0.25) is 0 Å². The van der Waals surface area contributed by atoms with Crippen LogP contribution in [0.25, 0.3) is 0 Å². The van der Waals surface area contributed by atoms with E-state index in [1.165, 1.54) is 26.6 Å². The third kappa shape index (κ3) is 15.5. The van der Waals surface area contributed by atoms with Crippen molar-refractivity contribution in [3.8, 4) is 5.75 Å². The van der Waals surface area contributed by atoms with Crippen LogP contribution in [-0.2, 0) is 18.9 Å². The van der Waals surface area contributed by atoms with E-state index in [1.54, 1.807) is 0 Å². The lowest BCUT2D eigenvalue weighted by Crippen LogP contribution is -2.62. The predicted molar refractivity (Wildman–Crippen MR) is 189 cm³/mol. The quantitative estimate of drug-likeness (QED) is 0.0912. The fourth-order valence-corrected chi connectivity index (χ4v) is 5.12. The number of hydrogen-bond acceptors (Lipinski definition) is 16. The highest BCUT2D eigenvalue weighted by Crippen LogP contribution is 2.47. The van der Waals surface area contributed by atoms with Crippen LogP contribution in [0.15, 0.2) is 0 Å². The Morgan fingerprint density at radius 1 is 0.765 bits per heavy atom. The lowest BCUT2D eigenvalue weighted by molar-refractivity contribution is -0.383. The molecule has 51 heavy (non-hydrogen) atoms. The van der Waals surface area contributed by atoms with Crippen LogP contribution in [0, 0.1) is 0 Å². The maximum atomic E-state index is 10.00. The Bertz CT molecular complexity index is 1010. The van der Waals surface area contributed by atoms with Crippen LogP contribution in [0.2, 0.25) is 25.1 Å². The lowest BCUT2D eigenvalue weighted by atomic mass is 9.99. The number of hydrogen-bond donors (Lipinski definition) is 11. The molecule has 11 atom stereocenters. The maximum Gasteiger partial charge on any atom is 0.224 e. The van der Waals surface area contributed by atoms with E-state index >= 15 is 0 Å². The van der Waals surface area contributed by atoms with Gasteiger partial charge in [0.2, 0.25) is 5.79 Å². The molecule has 302 valence electrons. The van der Waals surface area contributed by atoms with Crippen LogP contribution in [0.3, 0.4) is 0 Å². The molecule has 3 saturated heterocycles. The summed E-state index contributed by atoms with van der Waals surface area (Å²) in [6, 6.07) is 0. The summed E-state index contributed by atoms with van der Waals surface area (Å²) < 4.78 is 20.2. The molecule has 1 aromatic carbocycles. The molecule has 0 bridgehead atoms. The highest BCUT2D eigenvalue weighted by molar-refractivity contribution is 6.55. The molecule has 16 nitrogen and oxygen atoms in total. The van der Waals surface area contributed by atoms with Gasteiger partial charge in [-0.1, -0.05) is 78.8 Å². The van der Waals surface area contributed by atoms with Gasteiger partial charge in [0.05, 0.1) is 53.7 Å². The molecule has 0 saturated carbocycles. The molecule has 3 aliphatic rings. The molecule has 0 radical (unpaired) electrons. The maximum absolute atomic E-state index is 10.00. The standard InChI is InChI=1S/C12H22O11.C6HCl5O.C6H15N.C3H8O2.C3H6O/c13-1-4-6(16)8(18)9(19)11(21-4)23-12(3-15)10(20)7(17)5(2-14)22-12;7-1-2(8)4(10)6(12)5(11)3(1)9;1-4-7(5-2)6-3;1-3(5)2-4;1-3-2-4-3/h4-11,13-20H,1-3H2;12H;4-6H2,1-3H3;3-5H,2H2,1H3;3H,2H2,1H3/t4-,5-,6-,7-,8+,9-,10+,11-,12+;;;;/m1..../s1. The van der Waals surface area contributed by atoms with Gasteiger partial charge in [-0.05, 0) is 33.5 Å². The SMILES string of the molecule is CC(O)CO.CC1CO1.CCN(CC)CC.OC[C@H]1O[C@@](CO)(O[C@H]2O[C@H](CO)[C@@H](O)[C@H](O)[C@H]2O)[C@@H](O)[C@@H]1O.Oc1c(Cl)c(Cl)c(Cl)c(Cl)c1Cl. The molecular weight excluding hydrogens is 792 g/mol. The number of halogens is 5. The van der Waals surface area contributed by atoms with Gasteiger partial charge in [-0.15, -0.1) is 0 Å². The molecule has 1 aromatic rings. The van der Waals surface area contributed by atoms with Gasteiger partial charge < -0.3 is 80.0 Å². The van der Waals surface area contributed by atoms with E-state index in [-0.39, 0.29) is 37.5 Å². The van der Waals surface area contributed by atoms with Crippen molar-refractivity contribution in [3.63, 3.8) is 0 Å². The molecule has 4 rings (SSSR count). The summed E-state index contributed by atoms with van der Waals surface area (Å²) >= 11 is 27.9. The molecule has 0 amide bonds. The van der Waals surface area contributed by atoms with Gasteiger partial charge >= 0.3 is 0 Å². The first kappa shape index (κ1) is 50.9. The molecule has 21 heteroatoms. The van der Waals surface area contributed by atoms with Crippen molar-refractivity contribution < 1.29 is 75.1 Å². The number of aromatic hydroxyl groups is 1. The average molecular weight is 844 g/mol. The highest BCUT2D eigenvalue weighted by atomic mass is 35.5. The van der Waals surface area contributed by atoms with E-state index in [2.05, 4.69) is 32.6 Å². The van der Waals surface area contributed by atoms with E-state index in [1.807, 2.05) is 0 Å².